The third-order valence-electron chi connectivity index (χ3n) is 5.37. The average molecular weight is 339 g/mol. The second-order valence-electron chi connectivity index (χ2n) is 7.38. The molecule has 3 rings (SSSR count). The summed E-state index contributed by atoms with van der Waals surface area (Å²) in [5.74, 6) is 0.766. The Hall–Kier alpha value is -2.10. The Bertz CT molecular complexity index is 714. The highest BCUT2D eigenvalue weighted by Crippen LogP contribution is 2.25. The first-order valence-electron chi connectivity index (χ1n) is 9.39. The maximum Gasteiger partial charge on any atom is 0.257 e. The normalized spacial score (nSPS) is 15.3. The first-order chi connectivity index (χ1) is 12.1. The molecule has 1 aromatic carbocycles. The Morgan fingerprint density at radius 2 is 1.84 bits per heavy atom. The zero-order valence-corrected chi connectivity index (χ0v) is 15.7. The van der Waals surface area contributed by atoms with Gasteiger partial charge in [-0.05, 0) is 38.2 Å². The molecule has 0 atom stereocenters. The molecule has 1 fully saturated rings. The number of amides is 1. The minimum Gasteiger partial charge on any atom is -0.341 e. The van der Waals surface area contributed by atoms with Crippen LogP contribution in [-0.2, 0) is 6.54 Å². The minimum atomic E-state index is 0.111. The molecule has 0 saturated heterocycles. The van der Waals surface area contributed by atoms with Crippen molar-refractivity contribution in [1.82, 2.24) is 14.7 Å². The number of benzene rings is 1. The van der Waals surface area contributed by atoms with Gasteiger partial charge >= 0.3 is 0 Å². The molecule has 0 radical (unpaired) electrons. The Morgan fingerprint density at radius 3 is 2.52 bits per heavy atom. The Labute approximate surface area is 150 Å². The van der Waals surface area contributed by atoms with Crippen LogP contribution in [0, 0.1) is 19.8 Å². The summed E-state index contributed by atoms with van der Waals surface area (Å²) in [7, 11) is 1.93. The van der Waals surface area contributed by atoms with Crippen molar-refractivity contribution < 1.29 is 4.79 Å². The Kier molecular flexibility index (Phi) is 5.57. The van der Waals surface area contributed by atoms with Crippen molar-refractivity contribution in [1.29, 1.82) is 0 Å². The van der Waals surface area contributed by atoms with Crippen molar-refractivity contribution in [3.05, 3.63) is 52.8 Å². The van der Waals surface area contributed by atoms with Gasteiger partial charge in [0.15, 0.2) is 0 Å². The topological polar surface area (TPSA) is 38.1 Å². The van der Waals surface area contributed by atoms with Crippen molar-refractivity contribution in [2.75, 3.05) is 13.6 Å². The summed E-state index contributed by atoms with van der Waals surface area (Å²) in [4.78, 5) is 14.9. The van der Waals surface area contributed by atoms with E-state index in [9.17, 15) is 4.79 Å². The maximum absolute atomic E-state index is 13.0. The smallest absolute Gasteiger partial charge is 0.257 e. The molecule has 0 unspecified atom stereocenters. The van der Waals surface area contributed by atoms with E-state index in [1.165, 1.54) is 37.7 Å². The number of aryl methyl sites for hydroxylation is 1. The lowest BCUT2D eigenvalue weighted by Crippen LogP contribution is -2.33. The van der Waals surface area contributed by atoms with E-state index in [0.29, 0.717) is 12.5 Å². The molecule has 0 aliphatic heterocycles. The molecule has 4 nitrogen and oxygen atoms in total. The standard InChI is InChI=1S/C21H29N3O/c1-16-20(21(25)23(3)14-18-10-6-4-7-11-18)17(2)24(22-16)15-19-12-8-5-9-13-19/h5,8-9,12-13,18H,4,6-7,10-11,14-15H2,1-3H3. The predicted molar refractivity (Wildman–Crippen MR) is 101 cm³/mol. The van der Waals surface area contributed by atoms with Crippen molar-refractivity contribution in [3.63, 3.8) is 0 Å². The fraction of sp³-hybridized carbons (Fsp3) is 0.524. The van der Waals surface area contributed by atoms with Gasteiger partial charge in [0.1, 0.15) is 0 Å². The van der Waals surface area contributed by atoms with Gasteiger partial charge in [-0.3, -0.25) is 9.48 Å². The minimum absolute atomic E-state index is 0.111. The van der Waals surface area contributed by atoms with Gasteiger partial charge in [0.2, 0.25) is 0 Å². The van der Waals surface area contributed by atoms with E-state index in [4.69, 9.17) is 0 Å². The molecule has 1 amide bonds. The second-order valence-corrected chi connectivity index (χ2v) is 7.38. The molecule has 1 heterocycles. The number of carbonyl (C=O) groups is 1. The van der Waals surface area contributed by atoms with Gasteiger partial charge in [-0.1, -0.05) is 49.6 Å². The van der Waals surface area contributed by atoms with Gasteiger partial charge < -0.3 is 4.90 Å². The summed E-state index contributed by atoms with van der Waals surface area (Å²) < 4.78 is 1.95. The fourth-order valence-corrected chi connectivity index (χ4v) is 3.95. The molecule has 1 aliphatic carbocycles. The van der Waals surface area contributed by atoms with Crippen LogP contribution in [0.4, 0.5) is 0 Å². The summed E-state index contributed by atoms with van der Waals surface area (Å²) in [6, 6.07) is 10.3. The molecule has 2 aromatic rings. The van der Waals surface area contributed by atoms with Gasteiger partial charge in [0.25, 0.3) is 5.91 Å². The molecule has 1 aliphatic rings. The van der Waals surface area contributed by atoms with Gasteiger partial charge in [-0.25, -0.2) is 0 Å². The SMILES string of the molecule is Cc1nn(Cc2ccccc2)c(C)c1C(=O)N(C)CC1CCCCC1. The Morgan fingerprint density at radius 1 is 1.16 bits per heavy atom. The molecular formula is C21H29N3O. The first kappa shape index (κ1) is 17.7. The van der Waals surface area contributed by atoms with Crippen LogP contribution in [0.2, 0.25) is 0 Å². The number of carbonyl (C=O) groups excluding carboxylic acids is 1. The van der Waals surface area contributed by atoms with Gasteiger partial charge in [0.05, 0.1) is 17.8 Å². The highest BCUT2D eigenvalue weighted by molar-refractivity contribution is 5.96. The second kappa shape index (κ2) is 7.85. The van der Waals surface area contributed by atoms with Crippen molar-refractivity contribution in [2.45, 2.75) is 52.5 Å². The molecule has 0 bridgehead atoms. The third kappa shape index (κ3) is 4.12. The lowest BCUT2D eigenvalue weighted by atomic mass is 9.89. The summed E-state index contributed by atoms with van der Waals surface area (Å²) >= 11 is 0. The fourth-order valence-electron chi connectivity index (χ4n) is 3.95. The first-order valence-corrected chi connectivity index (χ1v) is 9.39. The average Bonchev–Trinajstić information content (AvgIpc) is 2.89. The van der Waals surface area contributed by atoms with E-state index >= 15 is 0 Å². The molecular weight excluding hydrogens is 310 g/mol. The number of nitrogens with zero attached hydrogens (tertiary/aromatic N) is 3. The molecule has 134 valence electrons. The van der Waals surface area contributed by atoms with Crippen molar-refractivity contribution >= 4 is 5.91 Å². The number of hydrogen-bond acceptors (Lipinski definition) is 2. The van der Waals surface area contributed by atoms with E-state index in [1.807, 2.05) is 48.7 Å². The van der Waals surface area contributed by atoms with Crippen LogP contribution >= 0.6 is 0 Å². The van der Waals surface area contributed by atoms with Crippen LogP contribution in [0.25, 0.3) is 0 Å². The predicted octanol–water partition coefficient (Wildman–Crippen LogP) is 4.20. The molecule has 1 saturated carbocycles. The highest BCUT2D eigenvalue weighted by atomic mass is 16.2. The van der Waals surface area contributed by atoms with Gasteiger partial charge in [-0.2, -0.15) is 5.10 Å². The van der Waals surface area contributed by atoms with Crippen molar-refractivity contribution in [3.8, 4) is 0 Å². The Balaban J connectivity index is 1.73. The van der Waals surface area contributed by atoms with Crippen LogP contribution < -0.4 is 0 Å². The number of rotatable bonds is 5. The monoisotopic (exact) mass is 339 g/mol. The largest absolute Gasteiger partial charge is 0.341 e. The third-order valence-corrected chi connectivity index (χ3v) is 5.37. The van der Waals surface area contributed by atoms with E-state index < -0.39 is 0 Å². The van der Waals surface area contributed by atoms with Gasteiger partial charge in [0, 0.05) is 19.3 Å². The van der Waals surface area contributed by atoms with Crippen LogP contribution in [0.15, 0.2) is 30.3 Å². The zero-order valence-electron chi connectivity index (χ0n) is 15.7. The molecule has 0 spiro atoms. The maximum atomic E-state index is 13.0. The molecule has 1 aromatic heterocycles. The molecule has 0 N–H and O–H groups in total. The van der Waals surface area contributed by atoms with E-state index in [-0.39, 0.29) is 5.91 Å². The highest BCUT2D eigenvalue weighted by Gasteiger charge is 2.24. The summed E-state index contributed by atoms with van der Waals surface area (Å²) in [5, 5.41) is 4.62. The quantitative estimate of drug-likeness (QED) is 0.819. The molecule has 25 heavy (non-hydrogen) atoms. The number of hydrogen-bond donors (Lipinski definition) is 0. The number of aromatic nitrogens is 2. The van der Waals surface area contributed by atoms with Crippen LogP contribution in [-0.4, -0.2) is 34.2 Å². The van der Waals surface area contributed by atoms with Crippen LogP contribution in [0.3, 0.4) is 0 Å². The summed E-state index contributed by atoms with van der Waals surface area (Å²) in [6.07, 6.45) is 6.46. The zero-order chi connectivity index (χ0) is 17.8. The molecule has 4 heteroatoms. The van der Waals surface area contributed by atoms with E-state index in [1.54, 1.807) is 0 Å². The van der Waals surface area contributed by atoms with E-state index in [0.717, 1.165) is 23.5 Å². The van der Waals surface area contributed by atoms with Crippen LogP contribution in [0.5, 0.6) is 0 Å². The summed E-state index contributed by atoms with van der Waals surface area (Å²) in [5.41, 5.74) is 3.76. The summed E-state index contributed by atoms with van der Waals surface area (Å²) in [6.45, 7) is 5.51. The van der Waals surface area contributed by atoms with Crippen molar-refractivity contribution in [2.24, 2.45) is 5.92 Å². The van der Waals surface area contributed by atoms with E-state index in [2.05, 4.69) is 17.2 Å². The van der Waals surface area contributed by atoms with Gasteiger partial charge in [-0.15, -0.1) is 0 Å². The lowest BCUT2D eigenvalue weighted by Gasteiger charge is -2.27. The van der Waals surface area contributed by atoms with Crippen LogP contribution in [0.1, 0.15) is 59.4 Å². The lowest BCUT2D eigenvalue weighted by molar-refractivity contribution is 0.0759.